The first kappa shape index (κ1) is 17.2. The van der Waals surface area contributed by atoms with Gasteiger partial charge in [0.1, 0.15) is 4.92 Å². The molecule has 1 aromatic carbocycles. The van der Waals surface area contributed by atoms with Gasteiger partial charge in [0.05, 0.1) is 50.0 Å². The highest BCUT2D eigenvalue weighted by Gasteiger charge is 2.20. The Morgan fingerprint density at radius 1 is 1.32 bits per heavy atom. The van der Waals surface area contributed by atoms with Crippen molar-refractivity contribution in [2.45, 2.75) is 0 Å². The molecule has 1 aliphatic heterocycles. The molecule has 1 saturated heterocycles. The van der Waals surface area contributed by atoms with E-state index in [-0.39, 0.29) is 5.76 Å². The van der Waals surface area contributed by atoms with Gasteiger partial charge in [-0.05, 0) is 24.3 Å². The Kier molecular flexibility index (Phi) is 4.91. The zero-order chi connectivity index (χ0) is 18.0. The van der Waals surface area contributed by atoms with Crippen molar-refractivity contribution in [2.24, 2.45) is 0 Å². The number of carbonyl (C=O) groups excluding carboxylic acids is 1. The monoisotopic (exact) mass is 365 g/mol. The Hall–Kier alpha value is -2.58. The molecule has 2 aromatic rings. The number of carbonyl (C=O) groups is 1. The lowest BCUT2D eigenvalue weighted by atomic mass is 10.2. The number of likely N-dealkylation sites (N-methyl/N-ethyl adjacent to an activating group) is 1. The number of quaternary nitrogens is 1. The van der Waals surface area contributed by atoms with Crippen molar-refractivity contribution in [3.8, 4) is 0 Å². The number of anilines is 2. The first-order valence-corrected chi connectivity index (χ1v) is 8.23. The van der Waals surface area contributed by atoms with E-state index in [1.54, 1.807) is 12.1 Å². The number of hydrogen-bond acceptors (Lipinski definition) is 5. The van der Waals surface area contributed by atoms with E-state index < -0.39 is 16.7 Å². The van der Waals surface area contributed by atoms with E-state index in [4.69, 9.17) is 16.0 Å². The maximum absolute atomic E-state index is 12.1. The van der Waals surface area contributed by atoms with Crippen LogP contribution in [0, 0.1) is 10.1 Å². The van der Waals surface area contributed by atoms with Crippen LogP contribution in [0.2, 0.25) is 5.02 Å². The summed E-state index contributed by atoms with van der Waals surface area (Å²) in [4.78, 5) is 25.7. The zero-order valence-corrected chi connectivity index (χ0v) is 14.4. The van der Waals surface area contributed by atoms with Crippen molar-refractivity contribution in [1.82, 2.24) is 0 Å². The smallest absolute Gasteiger partial charge is 0.395 e. The third kappa shape index (κ3) is 3.92. The number of nitro groups is 1. The van der Waals surface area contributed by atoms with Gasteiger partial charge in [-0.15, -0.1) is 0 Å². The number of hydrogen-bond donors (Lipinski definition) is 2. The lowest BCUT2D eigenvalue weighted by Gasteiger charge is -2.32. The number of halogens is 1. The van der Waals surface area contributed by atoms with Gasteiger partial charge in [0.2, 0.25) is 0 Å². The summed E-state index contributed by atoms with van der Waals surface area (Å²) in [6.45, 7) is 3.94. The molecule has 0 spiro atoms. The van der Waals surface area contributed by atoms with Gasteiger partial charge < -0.3 is 19.5 Å². The molecule has 0 aliphatic carbocycles. The maximum atomic E-state index is 12.1. The quantitative estimate of drug-likeness (QED) is 0.631. The van der Waals surface area contributed by atoms with Crippen LogP contribution in [0.5, 0.6) is 0 Å². The molecule has 1 amide bonds. The van der Waals surface area contributed by atoms with Crippen molar-refractivity contribution < 1.29 is 19.0 Å². The van der Waals surface area contributed by atoms with Gasteiger partial charge in [0.15, 0.2) is 5.76 Å². The Morgan fingerprint density at radius 2 is 2.04 bits per heavy atom. The average molecular weight is 366 g/mol. The van der Waals surface area contributed by atoms with Gasteiger partial charge in [-0.3, -0.25) is 14.9 Å². The van der Waals surface area contributed by atoms with Crippen LogP contribution in [0.25, 0.3) is 0 Å². The summed E-state index contributed by atoms with van der Waals surface area (Å²) in [6.07, 6.45) is 0. The summed E-state index contributed by atoms with van der Waals surface area (Å²) in [7, 11) is 2.16. The number of furan rings is 1. The maximum Gasteiger partial charge on any atom is 0.433 e. The first-order valence-electron chi connectivity index (χ1n) is 7.85. The Labute approximate surface area is 149 Å². The van der Waals surface area contributed by atoms with Crippen LogP contribution in [0.15, 0.2) is 34.7 Å². The molecule has 0 bridgehead atoms. The molecular formula is C16H18ClN4O4+. The van der Waals surface area contributed by atoms with Crippen molar-refractivity contribution in [2.75, 3.05) is 43.4 Å². The highest BCUT2D eigenvalue weighted by molar-refractivity contribution is 6.33. The van der Waals surface area contributed by atoms with Gasteiger partial charge in [-0.1, -0.05) is 11.6 Å². The normalized spacial score (nSPS) is 15.2. The predicted molar refractivity (Wildman–Crippen MR) is 93.6 cm³/mol. The van der Waals surface area contributed by atoms with E-state index in [9.17, 15) is 14.9 Å². The second kappa shape index (κ2) is 7.12. The molecule has 132 valence electrons. The van der Waals surface area contributed by atoms with Gasteiger partial charge in [0.25, 0.3) is 5.91 Å². The van der Waals surface area contributed by atoms with E-state index in [0.717, 1.165) is 37.9 Å². The lowest BCUT2D eigenvalue weighted by Crippen LogP contribution is -3.12. The largest absolute Gasteiger partial charge is 0.433 e. The van der Waals surface area contributed by atoms with Gasteiger partial charge in [0, 0.05) is 5.69 Å². The fourth-order valence-electron chi connectivity index (χ4n) is 2.71. The number of nitrogens with one attached hydrogen (secondary N) is 2. The lowest BCUT2D eigenvalue weighted by molar-refractivity contribution is -0.880. The minimum Gasteiger partial charge on any atom is -0.395 e. The van der Waals surface area contributed by atoms with Crippen LogP contribution in [0.1, 0.15) is 10.6 Å². The number of amides is 1. The standard InChI is InChI=1S/C16H17ClN4O4/c1-19-6-8-20(9-7-19)13-3-2-11(10-12(13)17)18-16(22)14-4-5-15(25-14)21(23)24/h2-5,10H,6-9H2,1H3,(H,18,22)/p+1. The second-order valence-corrected chi connectivity index (χ2v) is 6.37. The van der Waals surface area contributed by atoms with Gasteiger partial charge in [-0.25, -0.2) is 0 Å². The van der Waals surface area contributed by atoms with Crippen LogP contribution in [-0.4, -0.2) is 44.1 Å². The number of piperazine rings is 1. The van der Waals surface area contributed by atoms with Gasteiger partial charge >= 0.3 is 5.88 Å². The summed E-state index contributed by atoms with van der Waals surface area (Å²) < 4.78 is 4.88. The molecular weight excluding hydrogens is 348 g/mol. The summed E-state index contributed by atoms with van der Waals surface area (Å²) in [5.41, 5.74) is 1.43. The van der Waals surface area contributed by atoms with Crippen LogP contribution in [0.4, 0.5) is 17.3 Å². The zero-order valence-electron chi connectivity index (χ0n) is 13.6. The first-order chi connectivity index (χ1) is 11.9. The third-order valence-corrected chi connectivity index (χ3v) is 4.46. The SMILES string of the molecule is C[NH+]1CCN(c2ccc(NC(=O)c3ccc([N+](=O)[O-])o3)cc2Cl)CC1. The molecule has 1 aliphatic rings. The van der Waals surface area contributed by atoms with E-state index in [1.165, 1.54) is 11.0 Å². The molecule has 0 saturated carbocycles. The van der Waals surface area contributed by atoms with E-state index in [2.05, 4.69) is 17.3 Å². The molecule has 0 radical (unpaired) electrons. The summed E-state index contributed by atoms with van der Waals surface area (Å²) in [5.74, 6) is -1.18. The fraction of sp³-hybridized carbons (Fsp3) is 0.312. The topological polar surface area (TPSA) is 93.1 Å². The summed E-state index contributed by atoms with van der Waals surface area (Å²) in [5, 5.41) is 13.8. The number of rotatable bonds is 4. The Balaban J connectivity index is 1.69. The van der Waals surface area contributed by atoms with Crippen molar-refractivity contribution >= 4 is 34.8 Å². The molecule has 8 nitrogen and oxygen atoms in total. The molecule has 9 heteroatoms. The second-order valence-electron chi connectivity index (χ2n) is 5.96. The van der Waals surface area contributed by atoms with Crippen molar-refractivity contribution in [3.63, 3.8) is 0 Å². The van der Waals surface area contributed by atoms with E-state index in [1.807, 2.05) is 6.07 Å². The van der Waals surface area contributed by atoms with Crippen molar-refractivity contribution in [3.05, 3.63) is 51.2 Å². The minimum atomic E-state index is -0.694. The van der Waals surface area contributed by atoms with Crippen LogP contribution in [0.3, 0.4) is 0 Å². The summed E-state index contributed by atoms with van der Waals surface area (Å²) in [6, 6.07) is 7.68. The molecule has 2 heterocycles. The molecule has 1 aromatic heterocycles. The van der Waals surface area contributed by atoms with E-state index >= 15 is 0 Å². The Bertz CT molecular complexity index is 799. The predicted octanol–water partition coefficient (Wildman–Crippen LogP) is 1.43. The molecule has 25 heavy (non-hydrogen) atoms. The van der Waals surface area contributed by atoms with Gasteiger partial charge in [-0.2, -0.15) is 0 Å². The van der Waals surface area contributed by atoms with Crippen LogP contribution < -0.4 is 15.1 Å². The number of nitrogens with zero attached hydrogens (tertiary/aromatic N) is 2. The van der Waals surface area contributed by atoms with Crippen LogP contribution >= 0.6 is 11.6 Å². The van der Waals surface area contributed by atoms with E-state index in [0.29, 0.717) is 10.7 Å². The minimum absolute atomic E-state index is 0.131. The molecule has 2 N–H and O–H groups in total. The molecule has 0 atom stereocenters. The van der Waals surface area contributed by atoms with Crippen molar-refractivity contribution in [1.29, 1.82) is 0 Å². The average Bonchev–Trinajstić information content (AvgIpc) is 3.06. The fourth-order valence-corrected chi connectivity index (χ4v) is 3.01. The highest BCUT2D eigenvalue weighted by atomic mass is 35.5. The molecule has 3 rings (SSSR count). The highest BCUT2D eigenvalue weighted by Crippen LogP contribution is 2.29. The Morgan fingerprint density at radius 3 is 2.64 bits per heavy atom. The molecule has 0 unspecified atom stereocenters. The summed E-state index contributed by atoms with van der Waals surface area (Å²) >= 11 is 6.36. The van der Waals surface area contributed by atoms with Crippen LogP contribution in [-0.2, 0) is 0 Å². The number of benzene rings is 1. The molecule has 1 fully saturated rings. The third-order valence-electron chi connectivity index (χ3n) is 4.16.